The molecule has 0 fully saturated rings. The highest BCUT2D eigenvalue weighted by atomic mass is 16.5. The molecule has 1 unspecified atom stereocenters. The molecular weight excluding hydrogens is 132 g/mol. The molecule has 4 heteroatoms. The summed E-state index contributed by atoms with van der Waals surface area (Å²) in [6.45, 7) is 2.01. The first-order valence-corrected chi connectivity index (χ1v) is 3.36. The number of ether oxygens (including phenoxy) is 1. The lowest BCUT2D eigenvalue weighted by molar-refractivity contribution is 0.138. The molecule has 1 atom stereocenters. The Morgan fingerprint density at radius 2 is 2.30 bits per heavy atom. The van der Waals surface area contributed by atoms with E-state index in [1.54, 1.807) is 14.2 Å². The molecule has 0 aromatic carbocycles. The smallest absolute Gasteiger partial charge is 0.117 e. The van der Waals surface area contributed by atoms with Gasteiger partial charge in [0.25, 0.3) is 0 Å². The Labute approximate surface area is 61.6 Å². The first-order valence-electron chi connectivity index (χ1n) is 3.36. The summed E-state index contributed by atoms with van der Waals surface area (Å²) in [7, 11) is 3.36. The van der Waals surface area contributed by atoms with E-state index in [0.29, 0.717) is 13.2 Å². The number of aliphatic hydroxyl groups is 1. The summed E-state index contributed by atoms with van der Waals surface area (Å²) >= 11 is 0. The molecule has 3 N–H and O–H groups in total. The fourth-order valence-electron chi connectivity index (χ4n) is 0.515. The Hall–Kier alpha value is -0.160. The maximum atomic E-state index is 8.94. The summed E-state index contributed by atoms with van der Waals surface area (Å²) in [5.41, 5.74) is 0. The zero-order valence-electron chi connectivity index (χ0n) is 6.55. The van der Waals surface area contributed by atoms with Gasteiger partial charge in [-0.15, -0.1) is 0 Å². The van der Waals surface area contributed by atoms with E-state index in [1.807, 2.05) is 0 Å². The molecule has 0 radical (unpaired) electrons. The van der Waals surface area contributed by atoms with Gasteiger partial charge < -0.3 is 15.2 Å². The van der Waals surface area contributed by atoms with E-state index in [9.17, 15) is 0 Å². The van der Waals surface area contributed by atoms with Crippen molar-refractivity contribution in [1.82, 2.24) is 10.6 Å². The molecule has 62 valence electrons. The van der Waals surface area contributed by atoms with Crippen LogP contribution < -0.4 is 10.6 Å². The zero-order valence-corrected chi connectivity index (χ0v) is 6.55. The first kappa shape index (κ1) is 9.84. The van der Waals surface area contributed by atoms with Crippen LogP contribution in [0.2, 0.25) is 0 Å². The number of likely N-dealkylation sites (N-methyl/N-ethyl adjacent to an activating group) is 1. The van der Waals surface area contributed by atoms with Gasteiger partial charge in [-0.3, -0.25) is 5.32 Å². The summed E-state index contributed by atoms with van der Waals surface area (Å²) in [6.07, 6.45) is -0.461. The van der Waals surface area contributed by atoms with Crippen LogP contribution in [-0.2, 0) is 4.74 Å². The van der Waals surface area contributed by atoms with Crippen LogP contribution in [0.15, 0.2) is 0 Å². The maximum absolute atomic E-state index is 8.94. The molecule has 10 heavy (non-hydrogen) atoms. The molecule has 0 aliphatic carbocycles. The molecule has 0 spiro atoms. The van der Waals surface area contributed by atoms with Gasteiger partial charge in [-0.25, -0.2) is 0 Å². The standard InChI is InChI=1S/C6H16N2O2/c1-7-6(9)5-8-3-4-10-2/h6-9H,3-5H2,1-2H3. The average molecular weight is 148 g/mol. The summed E-state index contributed by atoms with van der Waals surface area (Å²) in [5.74, 6) is 0. The topological polar surface area (TPSA) is 53.5 Å². The molecule has 0 saturated heterocycles. The average Bonchev–Trinajstić information content (AvgIpc) is 1.98. The fraction of sp³-hybridized carbons (Fsp3) is 1.00. The lowest BCUT2D eigenvalue weighted by Gasteiger charge is -2.09. The zero-order chi connectivity index (χ0) is 7.82. The van der Waals surface area contributed by atoms with Gasteiger partial charge in [0, 0.05) is 20.2 Å². The van der Waals surface area contributed by atoms with Gasteiger partial charge in [0.2, 0.25) is 0 Å². The number of hydrogen-bond acceptors (Lipinski definition) is 4. The molecule has 4 nitrogen and oxygen atoms in total. The van der Waals surface area contributed by atoms with E-state index >= 15 is 0 Å². The van der Waals surface area contributed by atoms with Gasteiger partial charge in [-0.2, -0.15) is 0 Å². The van der Waals surface area contributed by atoms with E-state index in [0.717, 1.165) is 6.54 Å². The predicted molar refractivity (Wildman–Crippen MR) is 39.8 cm³/mol. The fourth-order valence-corrected chi connectivity index (χ4v) is 0.515. The van der Waals surface area contributed by atoms with Gasteiger partial charge in [0.15, 0.2) is 0 Å². The quantitative estimate of drug-likeness (QED) is 0.326. The minimum absolute atomic E-state index is 0.461. The maximum Gasteiger partial charge on any atom is 0.117 e. The largest absolute Gasteiger partial charge is 0.383 e. The highest BCUT2D eigenvalue weighted by Crippen LogP contribution is 1.70. The van der Waals surface area contributed by atoms with E-state index in [1.165, 1.54) is 0 Å². The lowest BCUT2D eigenvalue weighted by atomic mass is 10.5. The third-order valence-electron chi connectivity index (χ3n) is 1.15. The SMILES string of the molecule is CNC(O)CNCCOC. The van der Waals surface area contributed by atoms with Crippen LogP contribution in [0.3, 0.4) is 0 Å². The number of nitrogens with one attached hydrogen (secondary N) is 2. The van der Waals surface area contributed by atoms with Gasteiger partial charge in [0.1, 0.15) is 6.23 Å². The minimum Gasteiger partial charge on any atom is -0.383 e. The Morgan fingerprint density at radius 3 is 2.80 bits per heavy atom. The molecule has 0 aromatic rings. The van der Waals surface area contributed by atoms with E-state index in [2.05, 4.69) is 10.6 Å². The molecule has 0 aliphatic rings. The van der Waals surface area contributed by atoms with E-state index < -0.39 is 6.23 Å². The van der Waals surface area contributed by atoms with Crippen molar-refractivity contribution in [1.29, 1.82) is 0 Å². The van der Waals surface area contributed by atoms with Gasteiger partial charge in [-0.1, -0.05) is 0 Å². The van der Waals surface area contributed by atoms with Gasteiger partial charge in [-0.05, 0) is 7.05 Å². The van der Waals surface area contributed by atoms with Crippen LogP contribution in [0.25, 0.3) is 0 Å². The van der Waals surface area contributed by atoms with Crippen LogP contribution in [0.1, 0.15) is 0 Å². The molecule has 0 heterocycles. The molecular formula is C6H16N2O2. The van der Waals surface area contributed by atoms with E-state index in [-0.39, 0.29) is 0 Å². The van der Waals surface area contributed by atoms with Crippen LogP contribution in [0, 0.1) is 0 Å². The normalized spacial score (nSPS) is 13.5. The van der Waals surface area contributed by atoms with Crippen molar-refractivity contribution in [2.24, 2.45) is 0 Å². The van der Waals surface area contributed by atoms with Gasteiger partial charge >= 0.3 is 0 Å². The number of hydrogen-bond donors (Lipinski definition) is 3. The van der Waals surface area contributed by atoms with Crippen molar-refractivity contribution in [2.75, 3.05) is 33.9 Å². The molecule has 0 rings (SSSR count). The Morgan fingerprint density at radius 1 is 1.60 bits per heavy atom. The first-order chi connectivity index (χ1) is 4.81. The van der Waals surface area contributed by atoms with Crippen LogP contribution >= 0.6 is 0 Å². The Balaban J connectivity index is 2.89. The van der Waals surface area contributed by atoms with Crippen molar-refractivity contribution in [2.45, 2.75) is 6.23 Å². The molecule has 0 saturated carbocycles. The van der Waals surface area contributed by atoms with Crippen molar-refractivity contribution < 1.29 is 9.84 Å². The monoisotopic (exact) mass is 148 g/mol. The highest BCUT2D eigenvalue weighted by molar-refractivity contribution is 4.52. The molecule has 0 aliphatic heterocycles. The second-order valence-electron chi connectivity index (χ2n) is 2.00. The summed E-state index contributed by atoms with van der Waals surface area (Å²) < 4.78 is 4.79. The molecule has 0 bridgehead atoms. The van der Waals surface area contributed by atoms with Crippen LogP contribution in [-0.4, -0.2) is 45.2 Å². The van der Waals surface area contributed by atoms with Crippen LogP contribution in [0.4, 0.5) is 0 Å². The van der Waals surface area contributed by atoms with Crippen molar-refractivity contribution in [3.8, 4) is 0 Å². The highest BCUT2D eigenvalue weighted by Gasteiger charge is 1.95. The third kappa shape index (κ3) is 5.97. The number of rotatable bonds is 6. The van der Waals surface area contributed by atoms with Gasteiger partial charge in [0.05, 0.1) is 6.61 Å². The Kier molecular flexibility index (Phi) is 6.84. The van der Waals surface area contributed by atoms with Crippen molar-refractivity contribution in [3.63, 3.8) is 0 Å². The lowest BCUT2D eigenvalue weighted by Crippen LogP contribution is -2.37. The molecule has 0 aromatic heterocycles. The van der Waals surface area contributed by atoms with Crippen molar-refractivity contribution >= 4 is 0 Å². The number of methoxy groups -OCH3 is 1. The minimum atomic E-state index is -0.461. The second-order valence-corrected chi connectivity index (χ2v) is 2.00. The van der Waals surface area contributed by atoms with Crippen molar-refractivity contribution in [3.05, 3.63) is 0 Å². The summed E-state index contributed by atoms with van der Waals surface area (Å²) in [4.78, 5) is 0. The third-order valence-corrected chi connectivity index (χ3v) is 1.15. The predicted octanol–water partition coefficient (Wildman–Crippen LogP) is -1.24. The summed E-state index contributed by atoms with van der Waals surface area (Å²) in [6, 6.07) is 0. The Bertz CT molecular complexity index is 70.8. The molecule has 0 amide bonds. The van der Waals surface area contributed by atoms with E-state index in [4.69, 9.17) is 9.84 Å². The second kappa shape index (κ2) is 6.95. The number of aliphatic hydroxyl groups excluding tert-OH is 1. The van der Waals surface area contributed by atoms with Crippen LogP contribution in [0.5, 0.6) is 0 Å². The summed E-state index contributed by atoms with van der Waals surface area (Å²) in [5, 5.41) is 14.6.